The zero-order valence-electron chi connectivity index (χ0n) is 19.4. The summed E-state index contributed by atoms with van der Waals surface area (Å²) in [7, 11) is 0. The summed E-state index contributed by atoms with van der Waals surface area (Å²) < 4.78 is 0. The number of hydrogen-bond donors (Lipinski definition) is 1. The van der Waals surface area contributed by atoms with Crippen LogP contribution in [0.1, 0.15) is 93.4 Å². The van der Waals surface area contributed by atoms with Crippen LogP contribution in [-0.4, -0.2) is 11.2 Å². The average Bonchev–Trinajstić information content (AvgIpc) is 2.95. The van der Waals surface area contributed by atoms with Gasteiger partial charge in [-0.1, -0.05) is 57.9 Å². The molecule has 0 saturated heterocycles. The Morgan fingerprint density at radius 3 is 2.46 bits per heavy atom. The van der Waals surface area contributed by atoms with Crippen molar-refractivity contribution >= 4 is 0 Å². The summed E-state index contributed by atoms with van der Waals surface area (Å²) >= 11 is 0. The molecule has 1 saturated carbocycles. The van der Waals surface area contributed by atoms with E-state index in [0.717, 1.165) is 12.3 Å². The summed E-state index contributed by atoms with van der Waals surface area (Å²) in [4.78, 5) is 0. The molecule has 0 bridgehead atoms. The van der Waals surface area contributed by atoms with Crippen LogP contribution >= 0.6 is 0 Å². The van der Waals surface area contributed by atoms with E-state index in [9.17, 15) is 5.11 Å². The lowest BCUT2D eigenvalue weighted by Crippen LogP contribution is -2.53. The molecule has 0 aromatic carbocycles. The molecular formula is C27H42O. The fourth-order valence-electron chi connectivity index (χ4n) is 8.15. The predicted molar refractivity (Wildman–Crippen MR) is 119 cm³/mol. The zero-order chi connectivity index (χ0) is 20.5. The topological polar surface area (TPSA) is 20.2 Å². The van der Waals surface area contributed by atoms with Gasteiger partial charge in [-0.2, -0.15) is 0 Å². The van der Waals surface area contributed by atoms with Crippen molar-refractivity contribution in [1.82, 2.24) is 0 Å². The van der Waals surface area contributed by atoms with Crippen molar-refractivity contribution in [2.45, 2.75) is 99.5 Å². The Balaban J connectivity index is 1.71. The molecule has 2 unspecified atom stereocenters. The van der Waals surface area contributed by atoms with Gasteiger partial charge in [-0.25, -0.2) is 0 Å². The molecule has 0 aliphatic heterocycles. The fourth-order valence-corrected chi connectivity index (χ4v) is 8.15. The Kier molecular flexibility index (Phi) is 4.82. The third kappa shape index (κ3) is 2.75. The highest BCUT2D eigenvalue weighted by Crippen LogP contribution is 2.66. The molecule has 156 valence electrons. The number of aliphatic hydroxyl groups excluding tert-OH is 1. The van der Waals surface area contributed by atoms with E-state index in [-0.39, 0.29) is 11.5 Å². The van der Waals surface area contributed by atoms with E-state index in [0.29, 0.717) is 22.7 Å². The van der Waals surface area contributed by atoms with Gasteiger partial charge in [0.15, 0.2) is 0 Å². The van der Waals surface area contributed by atoms with Crippen LogP contribution in [0.4, 0.5) is 0 Å². The van der Waals surface area contributed by atoms with E-state index in [1.807, 2.05) is 0 Å². The fraction of sp³-hybridized carbons (Fsp3) is 0.778. The van der Waals surface area contributed by atoms with Crippen LogP contribution in [0, 0.1) is 34.0 Å². The number of allylic oxidation sites excluding steroid dienone is 6. The van der Waals surface area contributed by atoms with Gasteiger partial charge in [0.2, 0.25) is 0 Å². The van der Waals surface area contributed by atoms with E-state index in [4.69, 9.17) is 0 Å². The molecule has 0 spiro atoms. The molecule has 0 aromatic rings. The van der Waals surface area contributed by atoms with E-state index >= 15 is 0 Å². The van der Waals surface area contributed by atoms with Crippen molar-refractivity contribution in [3.8, 4) is 0 Å². The second-order valence-electron chi connectivity index (χ2n) is 11.8. The third-order valence-corrected chi connectivity index (χ3v) is 9.66. The van der Waals surface area contributed by atoms with Crippen LogP contribution in [0.25, 0.3) is 0 Å². The number of hydrogen-bond acceptors (Lipinski definition) is 1. The molecule has 0 heterocycles. The Bertz CT molecular complexity index is 746. The lowest BCUT2D eigenvalue weighted by atomic mass is 9.46. The first-order valence-electron chi connectivity index (χ1n) is 11.8. The first kappa shape index (κ1) is 20.5. The van der Waals surface area contributed by atoms with Gasteiger partial charge < -0.3 is 5.11 Å². The molecule has 0 amide bonds. The highest BCUT2D eigenvalue weighted by molar-refractivity contribution is 5.50. The molecule has 1 N–H and O–H groups in total. The monoisotopic (exact) mass is 382 g/mol. The molecule has 28 heavy (non-hydrogen) atoms. The van der Waals surface area contributed by atoms with Gasteiger partial charge in [-0.05, 0) is 104 Å². The standard InChI is InChI=1S/C27H42O/c1-17(2)16-18(3)20-9-10-21-19-8-11-23-25(4,5)24(28)13-15-27(23,7)22(19)12-14-26(20,21)6/h10,16,18,20,23-24,28H,8-9,11-15H2,1-7H3/t18?,20-,23?,24+,26-,27-/m1/s1. The molecular weight excluding hydrogens is 340 g/mol. The van der Waals surface area contributed by atoms with Crippen molar-refractivity contribution in [1.29, 1.82) is 0 Å². The summed E-state index contributed by atoms with van der Waals surface area (Å²) in [5.41, 5.74) is 7.39. The van der Waals surface area contributed by atoms with E-state index in [1.165, 1.54) is 44.1 Å². The highest BCUT2D eigenvalue weighted by atomic mass is 16.3. The Hall–Kier alpha value is -0.820. The SMILES string of the molecule is CC(C)=CC(C)[C@H]1CC=C2C3=C(CC[C@@]21C)[C@@]1(C)CC[C@H](O)C(C)(C)C1CC3. The molecule has 4 aliphatic rings. The Labute approximate surface area is 173 Å². The van der Waals surface area contributed by atoms with Gasteiger partial charge in [0, 0.05) is 0 Å². The highest BCUT2D eigenvalue weighted by Gasteiger charge is 2.57. The third-order valence-electron chi connectivity index (χ3n) is 9.66. The van der Waals surface area contributed by atoms with Gasteiger partial charge in [0.25, 0.3) is 0 Å². The first-order valence-corrected chi connectivity index (χ1v) is 11.8. The Morgan fingerprint density at radius 2 is 1.79 bits per heavy atom. The lowest BCUT2D eigenvalue weighted by Gasteiger charge is -2.59. The smallest absolute Gasteiger partial charge is 0.0594 e. The maximum Gasteiger partial charge on any atom is 0.0594 e. The van der Waals surface area contributed by atoms with Crippen LogP contribution in [0.15, 0.2) is 34.4 Å². The number of aliphatic hydroxyl groups is 1. The summed E-state index contributed by atoms with van der Waals surface area (Å²) in [5.74, 6) is 2.03. The summed E-state index contributed by atoms with van der Waals surface area (Å²) in [6.07, 6.45) is 13.4. The maximum atomic E-state index is 10.7. The van der Waals surface area contributed by atoms with Crippen molar-refractivity contribution in [2.24, 2.45) is 34.0 Å². The molecule has 6 atom stereocenters. The van der Waals surface area contributed by atoms with Crippen molar-refractivity contribution in [3.05, 3.63) is 34.4 Å². The van der Waals surface area contributed by atoms with Crippen LogP contribution in [0.2, 0.25) is 0 Å². The minimum absolute atomic E-state index is 0.0385. The molecule has 4 aliphatic carbocycles. The zero-order valence-corrected chi connectivity index (χ0v) is 19.4. The predicted octanol–water partition coefficient (Wildman–Crippen LogP) is 7.23. The minimum Gasteiger partial charge on any atom is -0.393 e. The van der Waals surface area contributed by atoms with Gasteiger partial charge in [-0.15, -0.1) is 0 Å². The second kappa shape index (κ2) is 6.59. The number of rotatable bonds is 2. The van der Waals surface area contributed by atoms with E-state index < -0.39 is 0 Å². The quantitative estimate of drug-likeness (QED) is 0.499. The van der Waals surface area contributed by atoms with Gasteiger partial charge in [0.05, 0.1) is 6.10 Å². The molecule has 1 fully saturated rings. The summed E-state index contributed by atoms with van der Waals surface area (Å²) in [5, 5.41) is 10.7. The first-order chi connectivity index (χ1) is 13.0. The molecule has 4 rings (SSSR count). The lowest BCUT2D eigenvalue weighted by molar-refractivity contribution is -0.0904. The normalized spacial score (nSPS) is 42.9. The number of fused-ring (bicyclic) bond motifs is 4. The second-order valence-corrected chi connectivity index (χ2v) is 11.8. The minimum atomic E-state index is -0.137. The van der Waals surface area contributed by atoms with Crippen LogP contribution in [-0.2, 0) is 0 Å². The van der Waals surface area contributed by atoms with Gasteiger partial charge in [0.1, 0.15) is 0 Å². The molecule has 1 nitrogen and oxygen atoms in total. The summed E-state index contributed by atoms with van der Waals surface area (Å²) in [6, 6.07) is 0. The summed E-state index contributed by atoms with van der Waals surface area (Å²) in [6.45, 7) is 16.7. The Morgan fingerprint density at radius 1 is 1.07 bits per heavy atom. The molecule has 0 aromatic heterocycles. The van der Waals surface area contributed by atoms with E-state index in [2.05, 4.69) is 60.6 Å². The molecule has 0 radical (unpaired) electrons. The maximum absolute atomic E-state index is 10.7. The average molecular weight is 383 g/mol. The van der Waals surface area contributed by atoms with E-state index in [1.54, 1.807) is 16.7 Å². The largest absolute Gasteiger partial charge is 0.393 e. The van der Waals surface area contributed by atoms with Crippen molar-refractivity contribution < 1.29 is 5.11 Å². The van der Waals surface area contributed by atoms with Crippen LogP contribution < -0.4 is 0 Å². The van der Waals surface area contributed by atoms with Crippen molar-refractivity contribution in [2.75, 3.05) is 0 Å². The van der Waals surface area contributed by atoms with Crippen LogP contribution in [0.5, 0.6) is 0 Å². The van der Waals surface area contributed by atoms with Gasteiger partial charge >= 0.3 is 0 Å². The molecule has 1 heteroatoms. The van der Waals surface area contributed by atoms with Crippen molar-refractivity contribution in [3.63, 3.8) is 0 Å². The van der Waals surface area contributed by atoms with Gasteiger partial charge in [-0.3, -0.25) is 0 Å². The van der Waals surface area contributed by atoms with Crippen LogP contribution in [0.3, 0.4) is 0 Å².